The summed E-state index contributed by atoms with van der Waals surface area (Å²) in [6.07, 6.45) is -4.66. The third-order valence-electron chi connectivity index (χ3n) is 12.8. The maximum Gasteiger partial charge on any atom is 0.335 e. The largest absolute Gasteiger partial charge is 0.481 e. The summed E-state index contributed by atoms with van der Waals surface area (Å²) in [6.45, 7) is 2.26. The normalized spacial score (nSPS) is 24.9. The molecule has 33 heteroatoms. The molecule has 22 N–H and O–H groups in total. The number of nitrogens with two attached hydrogens (primary N) is 3. The van der Waals surface area contributed by atoms with Crippen LogP contribution in [0.3, 0.4) is 0 Å². The number of esters is 1. The maximum atomic E-state index is 14.1. The van der Waals surface area contributed by atoms with Crippen molar-refractivity contribution in [1.29, 1.82) is 0 Å². The van der Waals surface area contributed by atoms with Crippen molar-refractivity contribution in [1.82, 2.24) is 47.9 Å². The Morgan fingerprint density at radius 3 is 1.64 bits per heavy atom. The number of cyclic esters (lactones) is 1. The van der Waals surface area contributed by atoms with Gasteiger partial charge in [0.1, 0.15) is 54.6 Å². The zero-order valence-corrected chi connectivity index (χ0v) is 47.5. The molecule has 1 heterocycles. The van der Waals surface area contributed by atoms with Crippen LogP contribution in [0, 0.1) is 0 Å². The topological polar surface area (TPSA) is 542 Å². The van der Waals surface area contributed by atoms with E-state index in [1.807, 2.05) is 10.6 Å². The van der Waals surface area contributed by atoms with Crippen LogP contribution >= 0.6 is 11.6 Å². The minimum absolute atomic E-state index is 0.0261. The molecule has 1 fully saturated rings. The fourth-order valence-electron chi connectivity index (χ4n) is 8.06. The van der Waals surface area contributed by atoms with E-state index in [4.69, 9.17) is 33.5 Å². The number of nitrogens with one attached hydrogen (secondary N) is 9. The molecule has 0 bridgehead atoms. The van der Waals surface area contributed by atoms with E-state index in [1.165, 1.54) is 0 Å². The van der Waals surface area contributed by atoms with E-state index in [2.05, 4.69) is 44.1 Å². The van der Waals surface area contributed by atoms with Gasteiger partial charge in [0.2, 0.25) is 47.3 Å². The number of carbonyl (C=O) groups is 12. The minimum Gasteiger partial charge on any atom is -0.481 e. The molecule has 0 spiro atoms. The van der Waals surface area contributed by atoms with Crippen LogP contribution in [0.15, 0.2) is 11.8 Å². The lowest BCUT2D eigenvalue weighted by Gasteiger charge is -2.28. The highest BCUT2D eigenvalue weighted by molar-refractivity contribution is 6.18. The third-order valence-corrected chi connectivity index (χ3v) is 13.2. The predicted octanol–water partition coefficient (Wildman–Crippen LogP) is -6.58. The Hall–Kier alpha value is -6.65. The Bertz CT molecular complexity index is 2210. The molecular weight excluding hydrogens is 1120 g/mol. The summed E-state index contributed by atoms with van der Waals surface area (Å²) < 4.78 is 5.24. The van der Waals surface area contributed by atoms with Crippen LogP contribution in [0.4, 0.5) is 0 Å². The van der Waals surface area contributed by atoms with Crippen LogP contribution in [0.5, 0.6) is 0 Å². The number of hydrogen-bond donors (Lipinski definition) is 19. The number of unbranched alkanes of at least 4 members (excludes halogenated alkanes) is 7. The summed E-state index contributed by atoms with van der Waals surface area (Å²) in [4.78, 5) is 162. The molecular formula is C50H85ClN12O20. The monoisotopic (exact) mass is 1210 g/mol. The first-order valence-corrected chi connectivity index (χ1v) is 27.8. The van der Waals surface area contributed by atoms with Crippen LogP contribution in [-0.2, 0) is 62.3 Å². The van der Waals surface area contributed by atoms with Crippen LogP contribution in [0.1, 0.15) is 117 Å². The van der Waals surface area contributed by atoms with Crippen molar-refractivity contribution in [3.8, 4) is 0 Å². The molecule has 1 saturated heterocycles. The van der Waals surface area contributed by atoms with Crippen LogP contribution in [-0.4, -0.2) is 218 Å². The summed E-state index contributed by atoms with van der Waals surface area (Å²) in [5.74, 6) is -18.3. The molecule has 1 rings (SSSR count). The van der Waals surface area contributed by atoms with E-state index >= 15 is 0 Å². The van der Waals surface area contributed by atoms with Crippen molar-refractivity contribution in [3.63, 3.8) is 0 Å². The first-order chi connectivity index (χ1) is 39.2. The van der Waals surface area contributed by atoms with Gasteiger partial charge in [0.05, 0.1) is 43.1 Å². The Morgan fingerprint density at radius 2 is 1.13 bits per heavy atom. The quantitative estimate of drug-likeness (QED) is 0.0157. The molecule has 0 aliphatic carbocycles. The molecule has 1 aliphatic rings. The number of rotatable bonds is 27. The van der Waals surface area contributed by atoms with Crippen molar-refractivity contribution in [3.05, 3.63) is 11.8 Å². The number of aliphatic hydroxyl groups is 5. The summed E-state index contributed by atoms with van der Waals surface area (Å²) in [5, 5.41) is 92.4. The van der Waals surface area contributed by atoms with Crippen LogP contribution in [0.2, 0.25) is 0 Å². The summed E-state index contributed by atoms with van der Waals surface area (Å²) in [7, 11) is 0. The van der Waals surface area contributed by atoms with Crippen molar-refractivity contribution >= 4 is 82.7 Å². The van der Waals surface area contributed by atoms with Gasteiger partial charge in [0.15, 0.2) is 12.1 Å². The number of halogens is 1. The van der Waals surface area contributed by atoms with Gasteiger partial charge < -0.3 is 106 Å². The zero-order valence-electron chi connectivity index (χ0n) is 46.8. The SMILES string of the molecule is CC=C1NC(=O)C(C(C)O)NC(=O)C(CCN)NC(=O)C(CCCN)NC(=O)C(CC(=O)O)NC(=O)C(CCN)NC(=O)C(NC(=O)CC(O)C(O)CCCCCCCCCC)COC(=O)C(C(O)CCl)NC(=O)C(C(O)C(=O)O)NC1=O. The van der Waals surface area contributed by atoms with Crippen molar-refractivity contribution in [2.75, 3.05) is 32.1 Å². The average Bonchev–Trinajstić information content (AvgIpc) is 3.43. The first-order valence-electron chi connectivity index (χ1n) is 27.3. The number of carboxylic acid groups (broad SMARTS) is 2. The molecule has 0 saturated carbocycles. The van der Waals surface area contributed by atoms with Gasteiger partial charge in [-0.15, -0.1) is 11.6 Å². The number of hydrogen-bond acceptors (Lipinski definition) is 21. The van der Waals surface area contributed by atoms with Gasteiger partial charge in [-0.25, -0.2) is 9.59 Å². The highest BCUT2D eigenvalue weighted by Crippen LogP contribution is 2.14. The lowest BCUT2D eigenvalue weighted by Crippen LogP contribution is -2.62. The average molecular weight is 1210 g/mol. The number of amides is 9. The molecule has 472 valence electrons. The molecule has 0 aromatic carbocycles. The second-order valence-electron chi connectivity index (χ2n) is 19.6. The van der Waals surface area contributed by atoms with E-state index in [0.29, 0.717) is 6.42 Å². The van der Waals surface area contributed by atoms with E-state index < -0.39 is 194 Å². The van der Waals surface area contributed by atoms with Gasteiger partial charge in [-0.1, -0.05) is 64.4 Å². The van der Waals surface area contributed by atoms with Crippen molar-refractivity contribution in [2.24, 2.45) is 17.2 Å². The summed E-state index contributed by atoms with van der Waals surface area (Å²) in [5.41, 5.74) is 16.4. The zero-order chi connectivity index (χ0) is 62.9. The van der Waals surface area contributed by atoms with E-state index in [0.717, 1.165) is 64.9 Å². The van der Waals surface area contributed by atoms with Crippen LogP contribution < -0.4 is 65.1 Å². The number of ether oxygens (including phenoxy) is 1. The second-order valence-corrected chi connectivity index (χ2v) is 19.9. The highest BCUT2D eigenvalue weighted by Gasteiger charge is 2.41. The number of carbonyl (C=O) groups excluding carboxylic acids is 10. The molecule has 13 atom stereocenters. The summed E-state index contributed by atoms with van der Waals surface area (Å²) >= 11 is 5.84. The Morgan fingerprint density at radius 1 is 0.627 bits per heavy atom. The molecule has 83 heavy (non-hydrogen) atoms. The molecule has 13 unspecified atom stereocenters. The van der Waals surface area contributed by atoms with Gasteiger partial charge >= 0.3 is 17.9 Å². The molecule has 32 nitrogen and oxygen atoms in total. The highest BCUT2D eigenvalue weighted by atomic mass is 35.5. The minimum atomic E-state index is -2.85. The van der Waals surface area contributed by atoms with E-state index in [1.54, 1.807) is 0 Å². The Balaban J connectivity index is 4.02. The van der Waals surface area contributed by atoms with Gasteiger partial charge in [-0.05, 0) is 65.6 Å². The fraction of sp³-hybridized carbons (Fsp3) is 0.720. The molecule has 1 aliphatic heterocycles. The molecule has 0 radical (unpaired) electrons. The lowest BCUT2D eigenvalue weighted by molar-refractivity contribution is -0.155. The number of aliphatic hydroxyl groups excluding tert-OH is 5. The van der Waals surface area contributed by atoms with E-state index in [-0.39, 0.29) is 38.8 Å². The Labute approximate surface area is 484 Å². The predicted molar refractivity (Wildman–Crippen MR) is 292 cm³/mol. The standard InChI is InChI=1S/C50H85ClN12O20/c1-4-6-7-8-9-10-11-12-15-32(65)33(66)22-35(68)55-31-24-83-50(82)38(34(67)23-51)62-48(79)39(40(71)49(80)81)63-41(72)26(5-2)56-47(78)37(25(3)64)61-44(75)29(17-20-54)58-42(73)27(14-13-18-52)57-45(76)30(21-36(69)70)60-43(74)28(16-19-53)59-46(31)77/h5,25,27-34,37-40,64-67,71H,4,6-24,52-54H2,1-3H3,(H,55,68)(H,56,78)(H,57,76)(H,58,73)(H,59,77)(H,60,74)(H,61,75)(H,62,79)(H,63,72)(H,69,70)(H,80,81). The third kappa shape index (κ3) is 27.1. The van der Waals surface area contributed by atoms with Crippen molar-refractivity contribution < 1.29 is 98.0 Å². The lowest BCUT2D eigenvalue weighted by atomic mass is 10.0. The van der Waals surface area contributed by atoms with Gasteiger partial charge in [-0.3, -0.25) is 47.9 Å². The molecule has 0 aromatic rings. The maximum absolute atomic E-state index is 14.1. The number of allylic oxidation sites excluding steroid dienone is 1. The Kier molecular flexibility index (Phi) is 35.6. The van der Waals surface area contributed by atoms with Crippen LogP contribution in [0.25, 0.3) is 0 Å². The van der Waals surface area contributed by atoms with Gasteiger partial charge in [-0.2, -0.15) is 0 Å². The van der Waals surface area contributed by atoms with E-state index in [9.17, 15) is 93.3 Å². The van der Waals surface area contributed by atoms with Gasteiger partial charge in [0.25, 0.3) is 5.91 Å². The number of carboxylic acids is 2. The smallest absolute Gasteiger partial charge is 0.335 e. The molecule has 9 amide bonds. The second kappa shape index (κ2) is 39.8. The molecule has 0 aromatic heterocycles. The van der Waals surface area contributed by atoms with Gasteiger partial charge in [0, 0.05) is 0 Å². The first kappa shape index (κ1) is 74.4. The summed E-state index contributed by atoms with van der Waals surface area (Å²) in [6, 6.07) is -16.1. The number of aliphatic carboxylic acids is 2. The van der Waals surface area contributed by atoms with Crippen molar-refractivity contribution in [2.45, 2.75) is 196 Å². The fourth-order valence-corrected chi connectivity index (χ4v) is 8.23. The number of alkyl halides is 1.